The average molecular weight is 348 g/mol. The number of hydrogen-bond donors (Lipinski definition) is 2. The van der Waals surface area contributed by atoms with Crippen LogP contribution < -0.4 is 15.4 Å². The molecule has 1 aromatic carbocycles. The zero-order chi connectivity index (χ0) is 17.9. The Morgan fingerprint density at radius 1 is 1.29 bits per heavy atom. The zero-order valence-corrected chi connectivity index (χ0v) is 15.3. The molecular weight excluding hydrogens is 324 g/mol. The molecule has 0 spiro atoms. The van der Waals surface area contributed by atoms with Crippen molar-refractivity contribution in [1.29, 1.82) is 0 Å². The standard InChI is InChI=1S/C18H24N2O3S/c1-11(21)15-9-12(18(15,2)3)10-16(22)20-17(24)19-13-5-7-14(23-4)8-6-13/h5-8,12,15H,9-10H2,1-4H3,(H2,19,20,22,24)/t12-,15+/m1/s1. The van der Waals surface area contributed by atoms with E-state index in [2.05, 4.69) is 24.5 Å². The molecule has 5 nitrogen and oxygen atoms in total. The second-order valence-corrected chi connectivity index (χ2v) is 7.26. The van der Waals surface area contributed by atoms with E-state index in [4.69, 9.17) is 17.0 Å². The smallest absolute Gasteiger partial charge is 0.226 e. The summed E-state index contributed by atoms with van der Waals surface area (Å²) in [4.78, 5) is 23.7. The number of carbonyl (C=O) groups excluding carboxylic acids is 2. The van der Waals surface area contributed by atoms with Crippen molar-refractivity contribution >= 4 is 34.7 Å². The second-order valence-electron chi connectivity index (χ2n) is 6.85. The number of Topliss-reactive ketones (excluding diaryl/α,β-unsaturated/α-hetero) is 1. The van der Waals surface area contributed by atoms with Crippen LogP contribution in [0.2, 0.25) is 0 Å². The van der Waals surface area contributed by atoms with E-state index in [-0.39, 0.29) is 34.1 Å². The molecule has 0 radical (unpaired) electrons. The maximum atomic E-state index is 12.2. The number of amides is 1. The van der Waals surface area contributed by atoms with Gasteiger partial charge < -0.3 is 15.4 Å². The average Bonchev–Trinajstić information content (AvgIpc) is 2.51. The first kappa shape index (κ1) is 18.4. The lowest BCUT2D eigenvalue weighted by atomic mass is 9.52. The summed E-state index contributed by atoms with van der Waals surface area (Å²) < 4.78 is 5.09. The molecule has 1 fully saturated rings. The van der Waals surface area contributed by atoms with Gasteiger partial charge in [-0.25, -0.2) is 0 Å². The Balaban J connectivity index is 1.82. The highest BCUT2D eigenvalue weighted by Crippen LogP contribution is 2.53. The Morgan fingerprint density at radius 2 is 1.92 bits per heavy atom. The van der Waals surface area contributed by atoms with Gasteiger partial charge in [-0.3, -0.25) is 9.59 Å². The molecule has 0 aliphatic heterocycles. The van der Waals surface area contributed by atoms with Crippen molar-refractivity contribution in [2.75, 3.05) is 12.4 Å². The molecule has 0 bridgehead atoms. The summed E-state index contributed by atoms with van der Waals surface area (Å²) in [5, 5.41) is 5.94. The number of carbonyl (C=O) groups is 2. The van der Waals surface area contributed by atoms with Crippen LogP contribution >= 0.6 is 12.2 Å². The summed E-state index contributed by atoms with van der Waals surface area (Å²) >= 11 is 5.17. The quantitative estimate of drug-likeness (QED) is 0.800. The SMILES string of the molecule is COc1ccc(NC(=S)NC(=O)C[C@H]2C[C@@H](C(C)=O)C2(C)C)cc1. The fourth-order valence-corrected chi connectivity index (χ4v) is 3.52. The van der Waals surface area contributed by atoms with Crippen LogP contribution in [0.25, 0.3) is 0 Å². The van der Waals surface area contributed by atoms with Crippen molar-refractivity contribution in [1.82, 2.24) is 5.32 Å². The molecular formula is C18H24N2O3S. The van der Waals surface area contributed by atoms with Gasteiger partial charge in [0.1, 0.15) is 11.5 Å². The van der Waals surface area contributed by atoms with Crippen molar-refractivity contribution in [2.24, 2.45) is 17.3 Å². The van der Waals surface area contributed by atoms with Crippen LogP contribution in [0.5, 0.6) is 5.75 Å². The van der Waals surface area contributed by atoms with Gasteiger partial charge in [0.05, 0.1) is 7.11 Å². The Labute approximate surface area is 148 Å². The predicted molar refractivity (Wildman–Crippen MR) is 98.0 cm³/mol. The molecule has 6 heteroatoms. The van der Waals surface area contributed by atoms with Crippen LogP contribution in [0, 0.1) is 17.3 Å². The van der Waals surface area contributed by atoms with Crippen LogP contribution in [0.3, 0.4) is 0 Å². The van der Waals surface area contributed by atoms with Crippen LogP contribution in [0.4, 0.5) is 5.69 Å². The molecule has 24 heavy (non-hydrogen) atoms. The summed E-state index contributed by atoms with van der Waals surface area (Å²) in [5.74, 6) is 1.09. The molecule has 0 heterocycles. The van der Waals surface area contributed by atoms with Crippen LogP contribution in [0.1, 0.15) is 33.6 Å². The number of ether oxygens (including phenoxy) is 1. The molecule has 0 unspecified atom stereocenters. The number of methoxy groups -OCH3 is 1. The van der Waals surface area contributed by atoms with Gasteiger partial charge >= 0.3 is 0 Å². The molecule has 0 aromatic heterocycles. The van der Waals surface area contributed by atoms with Gasteiger partial charge in [0.25, 0.3) is 0 Å². The Hall–Kier alpha value is -1.95. The first-order valence-corrected chi connectivity index (χ1v) is 8.40. The van der Waals surface area contributed by atoms with E-state index in [1.54, 1.807) is 14.0 Å². The third kappa shape index (κ3) is 4.12. The van der Waals surface area contributed by atoms with Crippen molar-refractivity contribution in [3.8, 4) is 5.75 Å². The first-order valence-electron chi connectivity index (χ1n) is 7.99. The second kappa shape index (κ2) is 7.30. The number of benzene rings is 1. The Bertz CT molecular complexity index is 640. The summed E-state index contributed by atoms with van der Waals surface area (Å²) in [6.07, 6.45) is 1.15. The lowest BCUT2D eigenvalue weighted by Gasteiger charge is -2.51. The van der Waals surface area contributed by atoms with Crippen molar-refractivity contribution < 1.29 is 14.3 Å². The molecule has 1 saturated carbocycles. The molecule has 2 N–H and O–H groups in total. The van der Waals surface area contributed by atoms with E-state index < -0.39 is 0 Å². The maximum Gasteiger partial charge on any atom is 0.226 e. The molecule has 1 aliphatic carbocycles. The number of ketones is 1. The first-order chi connectivity index (χ1) is 11.2. The Kier molecular flexibility index (Phi) is 5.59. The third-order valence-corrected chi connectivity index (χ3v) is 5.20. The third-order valence-electron chi connectivity index (χ3n) is 4.99. The fraction of sp³-hybridized carbons (Fsp3) is 0.500. The van der Waals surface area contributed by atoms with Crippen LogP contribution in [-0.4, -0.2) is 23.9 Å². The highest BCUT2D eigenvalue weighted by atomic mass is 32.1. The molecule has 0 saturated heterocycles. The number of hydrogen-bond acceptors (Lipinski definition) is 4. The minimum atomic E-state index is -0.131. The van der Waals surface area contributed by atoms with E-state index in [0.717, 1.165) is 17.9 Å². The summed E-state index contributed by atoms with van der Waals surface area (Å²) in [5.41, 5.74) is 0.649. The molecule has 2 rings (SSSR count). The number of anilines is 1. The summed E-state index contributed by atoms with van der Waals surface area (Å²) in [6, 6.07) is 7.27. The van der Waals surface area contributed by atoms with Gasteiger partial charge in [0.15, 0.2) is 5.11 Å². The highest BCUT2D eigenvalue weighted by Gasteiger charge is 2.50. The van der Waals surface area contributed by atoms with Crippen molar-refractivity contribution in [2.45, 2.75) is 33.6 Å². The summed E-state index contributed by atoms with van der Waals surface area (Å²) in [6.45, 7) is 5.72. The van der Waals surface area contributed by atoms with E-state index in [9.17, 15) is 9.59 Å². The minimum absolute atomic E-state index is 0.0553. The number of rotatable bonds is 5. The fourth-order valence-electron chi connectivity index (χ4n) is 3.29. The molecule has 1 aromatic rings. The topological polar surface area (TPSA) is 67.4 Å². The predicted octanol–water partition coefficient (Wildman–Crippen LogP) is 3.15. The zero-order valence-electron chi connectivity index (χ0n) is 14.5. The van der Waals surface area contributed by atoms with Gasteiger partial charge in [-0.1, -0.05) is 13.8 Å². The number of thiocarbonyl (C=S) groups is 1. The molecule has 130 valence electrons. The van der Waals surface area contributed by atoms with E-state index in [1.807, 2.05) is 24.3 Å². The van der Waals surface area contributed by atoms with Gasteiger partial charge in [0, 0.05) is 18.0 Å². The molecule has 1 aliphatic rings. The normalized spacial score (nSPS) is 21.3. The summed E-state index contributed by atoms with van der Waals surface area (Å²) in [7, 11) is 1.60. The van der Waals surface area contributed by atoms with Crippen LogP contribution in [0.15, 0.2) is 24.3 Å². The van der Waals surface area contributed by atoms with Gasteiger partial charge in [-0.2, -0.15) is 0 Å². The minimum Gasteiger partial charge on any atom is -0.497 e. The molecule has 1 amide bonds. The number of nitrogens with one attached hydrogen (secondary N) is 2. The van der Waals surface area contributed by atoms with E-state index in [0.29, 0.717) is 6.42 Å². The highest BCUT2D eigenvalue weighted by molar-refractivity contribution is 7.80. The monoisotopic (exact) mass is 348 g/mol. The van der Waals surface area contributed by atoms with Crippen molar-refractivity contribution in [3.05, 3.63) is 24.3 Å². The Morgan fingerprint density at radius 3 is 2.42 bits per heavy atom. The molecule has 2 atom stereocenters. The largest absolute Gasteiger partial charge is 0.497 e. The maximum absolute atomic E-state index is 12.2. The van der Waals surface area contributed by atoms with Gasteiger partial charge in [0.2, 0.25) is 5.91 Å². The van der Waals surface area contributed by atoms with E-state index in [1.165, 1.54) is 0 Å². The van der Waals surface area contributed by atoms with Crippen LogP contribution in [-0.2, 0) is 9.59 Å². The van der Waals surface area contributed by atoms with Gasteiger partial charge in [-0.15, -0.1) is 0 Å². The lowest BCUT2D eigenvalue weighted by Crippen LogP contribution is -2.50. The van der Waals surface area contributed by atoms with E-state index >= 15 is 0 Å². The van der Waals surface area contributed by atoms with Crippen molar-refractivity contribution in [3.63, 3.8) is 0 Å². The van der Waals surface area contributed by atoms with Gasteiger partial charge in [-0.05, 0) is 61.2 Å². The lowest BCUT2D eigenvalue weighted by molar-refractivity contribution is -0.140.